The van der Waals surface area contributed by atoms with Crippen molar-refractivity contribution < 1.29 is 14.3 Å². The van der Waals surface area contributed by atoms with E-state index in [0.717, 1.165) is 17.1 Å². The number of carbonyl (C=O) groups excluding carboxylic acids is 2. The van der Waals surface area contributed by atoms with Crippen LogP contribution in [0.5, 0.6) is 0 Å². The standard InChI is InChI=1S/C16H22O3S/c1-13(2)7-9(17)11-10(8-13)19-16(20-11)14(3,4)12(18)15(16,5)6/h7-8H2,1-6H3. The quantitative estimate of drug-likeness (QED) is 0.683. The summed E-state index contributed by atoms with van der Waals surface area (Å²) in [6.07, 6.45) is 1.34. The lowest BCUT2D eigenvalue weighted by atomic mass is 9.51. The molecule has 1 saturated carbocycles. The lowest BCUT2D eigenvalue weighted by molar-refractivity contribution is -0.195. The lowest BCUT2D eigenvalue weighted by Crippen LogP contribution is -2.72. The molecule has 0 radical (unpaired) electrons. The second-order valence-corrected chi connectivity index (χ2v) is 9.28. The predicted molar refractivity (Wildman–Crippen MR) is 79.0 cm³/mol. The molecule has 0 saturated heterocycles. The Labute approximate surface area is 124 Å². The van der Waals surface area contributed by atoms with Gasteiger partial charge in [0, 0.05) is 12.8 Å². The molecule has 2 aliphatic carbocycles. The zero-order valence-corrected chi connectivity index (χ0v) is 13.9. The normalized spacial score (nSPS) is 31.9. The third-order valence-corrected chi connectivity index (χ3v) is 7.13. The summed E-state index contributed by atoms with van der Waals surface area (Å²) in [5, 5.41) is 0. The molecule has 3 aliphatic rings. The fourth-order valence-corrected chi connectivity index (χ4v) is 5.63. The molecule has 110 valence electrons. The van der Waals surface area contributed by atoms with Gasteiger partial charge < -0.3 is 4.74 Å². The topological polar surface area (TPSA) is 43.4 Å². The van der Waals surface area contributed by atoms with E-state index >= 15 is 0 Å². The van der Waals surface area contributed by atoms with Crippen LogP contribution in [0.15, 0.2) is 10.7 Å². The first-order valence-corrected chi connectivity index (χ1v) is 7.96. The van der Waals surface area contributed by atoms with Crippen molar-refractivity contribution in [2.75, 3.05) is 0 Å². The highest BCUT2D eigenvalue weighted by Crippen LogP contribution is 2.72. The summed E-state index contributed by atoms with van der Waals surface area (Å²) in [7, 11) is 0. The van der Waals surface area contributed by atoms with Gasteiger partial charge in [-0.15, -0.1) is 0 Å². The molecule has 1 aliphatic heterocycles. The Bertz CT molecular complexity index is 548. The average Bonchev–Trinajstić information content (AvgIpc) is 2.68. The van der Waals surface area contributed by atoms with Crippen LogP contribution >= 0.6 is 11.8 Å². The molecule has 1 heterocycles. The molecule has 0 N–H and O–H groups in total. The molecule has 1 fully saturated rings. The second kappa shape index (κ2) is 3.52. The van der Waals surface area contributed by atoms with Crippen LogP contribution in [0, 0.1) is 16.2 Å². The first-order valence-electron chi connectivity index (χ1n) is 7.14. The maximum atomic E-state index is 12.4. The van der Waals surface area contributed by atoms with Gasteiger partial charge in [0.25, 0.3) is 0 Å². The fraction of sp³-hybridized carbons (Fsp3) is 0.750. The maximum Gasteiger partial charge on any atom is 0.182 e. The second-order valence-electron chi connectivity index (χ2n) is 8.09. The van der Waals surface area contributed by atoms with Crippen LogP contribution in [0.3, 0.4) is 0 Å². The third-order valence-electron chi connectivity index (χ3n) is 5.08. The minimum atomic E-state index is -0.613. The molecule has 0 amide bonds. The van der Waals surface area contributed by atoms with Gasteiger partial charge in [-0.25, -0.2) is 0 Å². The highest BCUT2D eigenvalue weighted by Gasteiger charge is 2.77. The number of carbonyl (C=O) groups is 2. The van der Waals surface area contributed by atoms with Gasteiger partial charge in [-0.3, -0.25) is 9.59 Å². The fourth-order valence-electron chi connectivity index (χ4n) is 4.09. The number of ether oxygens (including phenoxy) is 1. The predicted octanol–water partition coefficient (Wildman–Crippen LogP) is 3.68. The molecule has 4 heteroatoms. The summed E-state index contributed by atoms with van der Waals surface area (Å²) >= 11 is 1.50. The number of rotatable bonds is 0. The van der Waals surface area contributed by atoms with Crippen LogP contribution in [-0.4, -0.2) is 16.5 Å². The summed E-state index contributed by atoms with van der Waals surface area (Å²) < 4.78 is 6.30. The monoisotopic (exact) mass is 294 g/mol. The Kier molecular flexibility index (Phi) is 2.49. The van der Waals surface area contributed by atoms with Gasteiger partial charge in [0.05, 0.1) is 15.7 Å². The first-order chi connectivity index (χ1) is 8.95. The average molecular weight is 294 g/mol. The van der Waals surface area contributed by atoms with Crippen LogP contribution in [0.4, 0.5) is 0 Å². The van der Waals surface area contributed by atoms with Gasteiger partial charge in [-0.1, -0.05) is 25.6 Å². The Morgan fingerprint density at radius 2 is 1.50 bits per heavy atom. The van der Waals surface area contributed by atoms with Crippen molar-refractivity contribution in [3.05, 3.63) is 10.7 Å². The Hall–Kier alpha value is -0.770. The molecular weight excluding hydrogens is 272 g/mol. The van der Waals surface area contributed by atoms with E-state index in [-0.39, 0.29) is 17.0 Å². The molecule has 0 unspecified atom stereocenters. The third kappa shape index (κ3) is 1.39. The summed E-state index contributed by atoms with van der Waals surface area (Å²) in [6, 6.07) is 0. The highest BCUT2D eigenvalue weighted by atomic mass is 32.2. The molecule has 0 aromatic heterocycles. The van der Waals surface area contributed by atoms with Crippen LogP contribution in [0.2, 0.25) is 0 Å². The number of hydrogen-bond acceptors (Lipinski definition) is 4. The largest absolute Gasteiger partial charge is 0.477 e. The van der Waals surface area contributed by atoms with Crippen LogP contribution in [0.25, 0.3) is 0 Å². The maximum absolute atomic E-state index is 12.4. The number of hydrogen-bond donors (Lipinski definition) is 0. The molecule has 20 heavy (non-hydrogen) atoms. The minimum Gasteiger partial charge on any atom is -0.477 e. The van der Waals surface area contributed by atoms with Gasteiger partial charge in [-0.2, -0.15) is 0 Å². The molecule has 0 bridgehead atoms. The van der Waals surface area contributed by atoms with E-state index in [2.05, 4.69) is 13.8 Å². The number of Topliss-reactive ketones (excluding diaryl/α,β-unsaturated/α-hetero) is 2. The SMILES string of the molecule is CC1(C)CC(=O)C2=C(C1)OC1(S2)C(C)(C)C(=O)C1(C)C. The first kappa shape index (κ1) is 14.2. The molecule has 0 aromatic rings. The smallest absolute Gasteiger partial charge is 0.182 e. The summed E-state index contributed by atoms with van der Waals surface area (Å²) in [5.74, 6) is 1.19. The van der Waals surface area contributed by atoms with E-state index in [9.17, 15) is 9.59 Å². The Morgan fingerprint density at radius 3 is 2.05 bits per heavy atom. The lowest BCUT2D eigenvalue weighted by Gasteiger charge is -2.61. The Morgan fingerprint density at radius 1 is 0.950 bits per heavy atom. The van der Waals surface area contributed by atoms with E-state index in [1.54, 1.807) is 0 Å². The zero-order chi connectivity index (χ0) is 15.1. The number of thioether (sulfide) groups is 1. The van der Waals surface area contributed by atoms with Crippen molar-refractivity contribution in [3.63, 3.8) is 0 Å². The summed E-state index contributed by atoms with van der Waals surface area (Å²) in [5.41, 5.74) is -1.16. The van der Waals surface area contributed by atoms with Gasteiger partial charge in [-0.05, 0) is 33.1 Å². The van der Waals surface area contributed by atoms with E-state index in [1.807, 2.05) is 27.7 Å². The summed E-state index contributed by atoms with van der Waals surface area (Å²) in [4.78, 5) is 24.9. The van der Waals surface area contributed by atoms with Crippen LogP contribution in [-0.2, 0) is 14.3 Å². The van der Waals surface area contributed by atoms with Gasteiger partial charge in [0.2, 0.25) is 0 Å². The molecule has 3 nitrogen and oxygen atoms in total. The van der Waals surface area contributed by atoms with Crippen LogP contribution in [0.1, 0.15) is 54.4 Å². The van der Waals surface area contributed by atoms with E-state index < -0.39 is 15.8 Å². The van der Waals surface area contributed by atoms with Crippen molar-refractivity contribution in [2.24, 2.45) is 16.2 Å². The van der Waals surface area contributed by atoms with Gasteiger partial charge in [0.1, 0.15) is 5.76 Å². The highest BCUT2D eigenvalue weighted by molar-refractivity contribution is 8.05. The van der Waals surface area contributed by atoms with E-state index in [1.165, 1.54) is 11.8 Å². The van der Waals surface area contributed by atoms with Gasteiger partial charge in [0.15, 0.2) is 16.5 Å². The summed E-state index contributed by atoms with van der Waals surface area (Å²) in [6.45, 7) is 11.9. The number of allylic oxidation sites excluding steroid dienone is 2. The number of ketones is 2. The van der Waals surface area contributed by atoms with E-state index in [4.69, 9.17) is 4.74 Å². The molecule has 3 rings (SSSR count). The molecule has 0 aromatic carbocycles. The Balaban J connectivity index is 2.01. The van der Waals surface area contributed by atoms with Crippen molar-refractivity contribution in [3.8, 4) is 0 Å². The van der Waals surface area contributed by atoms with Crippen molar-refractivity contribution in [2.45, 2.75) is 59.3 Å². The van der Waals surface area contributed by atoms with Gasteiger partial charge >= 0.3 is 0 Å². The van der Waals surface area contributed by atoms with E-state index in [0.29, 0.717) is 6.42 Å². The van der Waals surface area contributed by atoms with Crippen molar-refractivity contribution >= 4 is 23.3 Å². The molecule has 0 atom stereocenters. The minimum absolute atomic E-state index is 0.0515. The molecule has 1 spiro atoms. The molecular formula is C16H22O3S. The zero-order valence-electron chi connectivity index (χ0n) is 13.0. The van der Waals surface area contributed by atoms with Crippen LogP contribution < -0.4 is 0 Å². The van der Waals surface area contributed by atoms with Crippen molar-refractivity contribution in [1.82, 2.24) is 0 Å². The van der Waals surface area contributed by atoms with Crippen molar-refractivity contribution in [1.29, 1.82) is 0 Å².